The smallest absolute Gasteiger partial charge is 0.331 e. The second-order valence-corrected chi connectivity index (χ2v) is 3.35. The van der Waals surface area contributed by atoms with Gasteiger partial charge in [0.25, 0.3) is 0 Å². The van der Waals surface area contributed by atoms with E-state index in [1.165, 1.54) is 12.2 Å². The molecule has 0 bridgehead atoms. The van der Waals surface area contributed by atoms with E-state index in [2.05, 4.69) is 17.9 Å². The second kappa shape index (κ2) is 7.09. The Labute approximate surface area is 101 Å². The van der Waals surface area contributed by atoms with Gasteiger partial charge in [-0.15, -0.1) is 0 Å². The highest BCUT2D eigenvalue weighted by Gasteiger charge is 2.02. The molecule has 3 heteroatoms. The summed E-state index contributed by atoms with van der Waals surface area (Å²) in [6.45, 7) is 2.12. The average Bonchev–Trinajstić information content (AvgIpc) is 2.36. The Kier molecular flexibility index (Phi) is 5.34. The fourth-order valence-electron chi connectivity index (χ4n) is 1.27. The lowest BCUT2D eigenvalue weighted by atomic mass is 10.00. The summed E-state index contributed by atoms with van der Waals surface area (Å²) in [7, 11) is 0. The normalized spacial score (nSPS) is 14.1. The number of nitriles is 1. The zero-order valence-electron chi connectivity index (χ0n) is 9.69. The Balaban J connectivity index is 2.52. The predicted octanol–water partition coefficient (Wildman–Crippen LogP) is 2.28. The third-order valence-corrected chi connectivity index (χ3v) is 2.12. The van der Waals surface area contributed by atoms with Crippen molar-refractivity contribution < 1.29 is 9.53 Å². The van der Waals surface area contributed by atoms with Gasteiger partial charge in [0.15, 0.2) is 0 Å². The first kappa shape index (κ1) is 12.8. The molecule has 0 unspecified atom stereocenters. The number of esters is 1. The molecule has 0 radical (unpaired) electrons. The Bertz CT molecular complexity index is 479. The van der Waals surface area contributed by atoms with Crippen molar-refractivity contribution in [3.63, 3.8) is 0 Å². The number of carbonyl (C=O) groups excluding carboxylic acids is 1. The van der Waals surface area contributed by atoms with Crippen molar-refractivity contribution in [2.24, 2.45) is 0 Å². The van der Waals surface area contributed by atoms with Crippen LogP contribution >= 0.6 is 0 Å². The lowest BCUT2D eigenvalue weighted by molar-refractivity contribution is -0.137. The number of carbonyl (C=O) groups is 1. The first-order chi connectivity index (χ1) is 8.26. The van der Waals surface area contributed by atoms with Crippen LogP contribution in [0.4, 0.5) is 0 Å². The molecule has 0 N–H and O–H groups in total. The van der Waals surface area contributed by atoms with Crippen molar-refractivity contribution in [3.05, 3.63) is 35.5 Å². The Morgan fingerprint density at radius 1 is 1.47 bits per heavy atom. The lowest BCUT2D eigenvalue weighted by Crippen LogP contribution is -1.98. The highest BCUT2D eigenvalue weighted by molar-refractivity contribution is 5.82. The maximum Gasteiger partial charge on any atom is 0.331 e. The van der Waals surface area contributed by atoms with Gasteiger partial charge < -0.3 is 4.74 Å². The van der Waals surface area contributed by atoms with Crippen LogP contribution in [-0.2, 0) is 9.53 Å². The minimum absolute atomic E-state index is 0.365. The van der Waals surface area contributed by atoms with E-state index < -0.39 is 0 Å². The lowest BCUT2D eigenvalue weighted by Gasteiger charge is -2.03. The van der Waals surface area contributed by atoms with Gasteiger partial charge in [0.1, 0.15) is 0 Å². The maximum atomic E-state index is 10.9. The first-order valence-corrected chi connectivity index (χ1v) is 5.41. The number of hydrogen-bond acceptors (Lipinski definition) is 3. The first-order valence-electron chi connectivity index (χ1n) is 5.41. The molecule has 0 aromatic rings. The summed E-state index contributed by atoms with van der Waals surface area (Å²) >= 11 is 0. The van der Waals surface area contributed by atoms with Crippen LogP contribution in [0.1, 0.15) is 19.8 Å². The number of hydrogen-bond donors (Lipinski definition) is 0. The molecule has 0 heterocycles. The molecule has 86 valence electrons. The highest BCUT2D eigenvalue weighted by atomic mass is 16.5. The fraction of sp³-hybridized carbons (Fsp3) is 0.286. The van der Waals surface area contributed by atoms with Crippen LogP contribution in [-0.4, -0.2) is 12.6 Å². The molecule has 0 fully saturated rings. The van der Waals surface area contributed by atoms with Gasteiger partial charge >= 0.3 is 5.97 Å². The van der Waals surface area contributed by atoms with Gasteiger partial charge in [-0.2, -0.15) is 5.26 Å². The minimum atomic E-state index is -0.383. The molecule has 0 saturated carbocycles. The van der Waals surface area contributed by atoms with Crippen molar-refractivity contribution in [2.75, 3.05) is 6.61 Å². The molecule has 0 aromatic heterocycles. The third-order valence-electron chi connectivity index (χ3n) is 2.12. The third kappa shape index (κ3) is 4.86. The molecule has 1 aliphatic carbocycles. The molecule has 0 aromatic carbocycles. The van der Waals surface area contributed by atoms with E-state index in [4.69, 9.17) is 10.00 Å². The van der Waals surface area contributed by atoms with E-state index in [-0.39, 0.29) is 5.97 Å². The summed E-state index contributed by atoms with van der Waals surface area (Å²) < 4.78 is 4.71. The Morgan fingerprint density at radius 3 is 2.76 bits per heavy atom. The van der Waals surface area contributed by atoms with Crippen molar-refractivity contribution in [1.82, 2.24) is 0 Å². The number of nitrogens with zero attached hydrogens (tertiary/aromatic N) is 1. The molecule has 0 atom stereocenters. The van der Waals surface area contributed by atoms with Crippen LogP contribution in [0.5, 0.6) is 0 Å². The molecule has 0 saturated heterocycles. The van der Waals surface area contributed by atoms with Crippen LogP contribution < -0.4 is 0 Å². The van der Waals surface area contributed by atoms with E-state index in [0.29, 0.717) is 6.61 Å². The summed E-state index contributed by atoms with van der Waals surface area (Å²) in [5, 5.41) is 8.66. The molecular formula is C14H13NO2. The largest absolute Gasteiger partial charge is 0.463 e. The van der Waals surface area contributed by atoms with Crippen LogP contribution in [0.25, 0.3) is 0 Å². The summed E-state index contributed by atoms with van der Waals surface area (Å²) in [4.78, 5) is 10.9. The monoisotopic (exact) mass is 227 g/mol. The fourth-order valence-corrected chi connectivity index (χ4v) is 1.27. The van der Waals surface area contributed by atoms with Gasteiger partial charge in [-0.1, -0.05) is 11.8 Å². The summed E-state index contributed by atoms with van der Waals surface area (Å²) in [6, 6.07) is 2.11. The second-order valence-electron chi connectivity index (χ2n) is 3.35. The molecule has 0 amide bonds. The van der Waals surface area contributed by atoms with Gasteiger partial charge in [0.05, 0.1) is 12.7 Å². The van der Waals surface area contributed by atoms with E-state index >= 15 is 0 Å². The number of rotatable bonds is 2. The zero-order valence-corrected chi connectivity index (χ0v) is 9.69. The molecule has 0 aliphatic heterocycles. The standard InChI is InChI=1S/C14H13NO2/c1-2-17-14(16)6-4-3-5-12-7-9-13(11-15)10-8-12/h4,6-7,9H,2,8,10H2,1H3/b6-4-. The molecule has 1 rings (SSSR count). The van der Waals surface area contributed by atoms with E-state index in [0.717, 1.165) is 24.0 Å². The Hall–Kier alpha value is -2.26. The maximum absolute atomic E-state index is 10.9. The minimum Gasteiger partial charge on any atom is -0.463 e. The van der Waals surface area contributed by atoms with Gasteiger partial charge in [0, 0.05) is 17.2 Å². The molecule has 17 heavy (non-hydrogen) atoms. The van der Waals surface area contributed by atoms with Crippen molar-refractivity contribution in [1.29, 1.82) is 5.26 Å². The van der Waals surface area contributed by atoms with Gasteiger partial charge in [-0.3, -0.25) is 0 Å². The predicted molar refractivity (Wildman–Crippen MR) is 64.6 cm³/mol. The Morgan fingerprint density at radius 2 is 2.18 bits per heavy atom. The molecule has 1 aliphatic rings. The van der Waals surface area contributed by atoms with Gasteiger partial charge in [0.2, 0.25) is 0 Å². The van der Waals surface area contributed by atoms with E-state index in [1.807, 2.05) is 6.08 Å². The summed E-state index contributed by atoms with van der Waals surface area (Å²) in [6.07, 6.45) is 7.91. The van der Waals surface area contributed by atoms with Gasteiger partial charge in [-0.25, -0.2) is 4.79 Å². The summed E-state index contributed by atoms with van der Waals surface area (Å²) in [5.41, 5.74) is 1.75. The van der Waals surface area contributed by atoms with Crippen molar-refractivity contribution in [2.45, 2.75) is 19.8 Å². The van der Waals surface area contributed by atoms with Crippen molar-refractivity contribution in [3.8, 4) is 17.9 Å². The average molecular weight is 227 g/mol. The highest BCUT2D eigenvalue weighted by Crippen LogP contribution is 2.16. The molecule has 3 nitrogen and oxygen atoms in total. The number of ether oxygens (including phenoxy) is 1. The van der Waals surface area contributed by atoms with Crippen LogP contribution in [0.15, 0.2) is 35.5 Å². The van der Waals surface area contributed by atoms with Crippen molar-refractivity contribution >= 4 is 5.97 Å². The number of allylic oxidation sites excluding steroid dienone is 5. The van der Waals surface area contributed by atoms with Crippen LogP contribution in [0, 0.1) is 23.2 Å². The van der Waals surface area contributed by atoms with Crippen LogP contribution in [0.2, 0.25) is 0 Å². The van der Waals surface area contributed by atoms with Crippen LogP contribution in [0.3, 0.4) is 0 Å². The summed E-state index contributed by atoms with van der Waals surface area (Å²) in [5.74, 6) is 5.31. The topological polar surface area (TPSA) is 50.1 Å². The van der Waals surface area contributed by atoms with Gasteiger partial charge in [-0.05, 0) is 38.0 Å². The van der Waals surface area contributed by atoms with E-state index in [1.54, 1.807) is 13.0 Å². The zero-order chi connectivity index (χ0) is 12.5. The SMILES string of the molecule is CCOC(=O)/C=C\C#CC1=CC=C(C#N)CC1. The van der Waals surface area contributed by atoms with E-state index in [9.17, 15) is 4.79 Å². The molecular weight excluding hydrogens is 214 g/mol. The molecule has 0 spiro atoms. The quantitative estimate of drug-likeness (QED) is 0.413.